The average Bonchev–Trinajstić information content (AvgIpc) is 2.26. The van der Waals surface area contributed by atoms with Crippen LogP contribution >= 0.6 is 0 Å². The molecule has 2 heteroatoms. The van der Waals surface area contributed by atoms with E-state index in [1.54, 1.807) is 19.1 Å². The summed E-state index contributed by atoms with van der Waals surface area (Å²) in [6.07, 6.45) is 9.12. The zero-order valence-electron chi connectivity index (χ0n) is 8.36. The van der Waals surface area contributed by atoms with Gasteiger partial charge in [0.15, 0.2) is 0 Å². The number of hydrogen-bond donors (Lipinski definition) is 1. The Bertz CT molecular complexity index is 416. The highest BCUT2D eigenvalue weighted by Gasteiger charge is 2.14. The Morgan fingerprint density at radius 1 is 1.29 bits per heavy atom. The molecule has 1 atom stereocenters. The van der Waals surface area contributed by atoms with Crippen molar-refractivity contribution in [2.45, 2.75) is 19.4 Å². The first-order valence-corrected chi connectivity index (χ1v) is 4.64. The summed E-state index contributed by atoms with van der Waals surface area (Å²) in [4.78, 5) is 4.30. The maximum Gasteiger partial charge on any atom is 0.0987 e. The van der Waals surface area contributed by atoms with E-state index in [-0.39, 0.29) is 0 Å². The molecule has 1 heterocycles. The zero-order chi connectivity index (χ0) is 10.2. The topological polar surface area (TPSA) is 33.1 Å². The second-order valence-corrected chi connectivity index (χ2v) is 3.88. The second-order valence-electron chi connectivity index (χ2n) is 3.88. The lowest BCUT2D eigenvalue weighted by atomic mass is 10.1. The van der Waals surface area contributed by atoms with Gasteiger partial charge in [0.1, 0.15) is 0 Å². The maximum atomic E-state index is 9.79. The smallest absolute Gasteiger partial charge is 0.0987 e. The first-order valence-electron chi connectivity index (χ1n) is 4.64. The van der Waals surface area contributed by atoms with Gasteiger partial charge in [0.2, 0.25) is 0 Å². The second kappa shape index (κ2) is 3.07. The fraction of sp³-hybridized carbons (Fsp3) is 0.250. The Morgan fingerprint density at radius 2 is 2.00 bits per heavy atom. The molecule has 1 aliphatic rings. The van der Waals surface area contributed by atoms with Crippen LogP contribution in [0.5, 0.6) is 0 Å². The van der Waals surface area contributed by atoms with Crippen molar-refractivity contribution in [1.29, 1.82) is 0 Å². The van der Waals surface area contributed by atoms with E-state index in [2.05, 4.69) is 11.1 Å². The van der Waals surface area contributed by atoms with Gasteiger partial charge >= 0.3 is 0 Å². The van der Waals surface area contributed by atoms with Gasteiger partial charge in [0.05, 0.1) is 11.3 Å². The molecule has 0 aromatic carbocycles. The predicted molar refractivity (Wildman–Crippen MR) is 57.7 cm³/mol. The van der Waals surface area contributed by atoms with Crippen molar-refractivity contribution in [3.63, 3.8) is 0 Å². The quantitative estimate of drug-likeness (QED) is 0.675. The van der Waals surface area contributed by atoms with Crippen LogP contribution in [0.1, 0.15) is 23.7 Å². The van der Waals surface area contributed by atoms with Gasteiger partial charge in [-0.1, -0.05) is 6.08 Å². The van der Waals surface area contributed by atoms with Crippen LogP contribution in [0.3, 0.4) is 0 Å². The van der Waals surface area contributed by atoms with E-state index in [0.717, 1.165) is 16.8 Å². The van der Waals surface area contributed by atoms with E-state index < -0.39 is 5.60 Å². The highest BCUT2D eigenvalue weighted by atomic mass is 16.3. The Kier molecular flexibility index (Phi) is 2.01. The number of nitrogens with zero attached hydrogens (tertiary/aromatic N) is 1. The molecular weight excluding hydrogens is 174 g/mol. The minimum Gasteiger partial charge on any atom is -0.382 e. The van der Waals surface area contributed by atoms with E-state index in [1.807, 2.05) is 25.3 Å². The molecule has 0 spiro atoms. The molecule has 72 valence electrons. The van der Waals surface area contributed by atoms with Gasteiger partial charge in [-0.2, -0.15) is 0 Å². The van der Waals surface area contributed by atoms with Crippen LogP contribution in [-0.4, -0.2) is 15.7 Å². The SMILES string of the molecule is Cc1cnc2c(c1)C=CC(C)(O)C=C2. The third-order valence-electron chi connectivity index (χ3n) is 2.27. The molecule has 0 saturated carbocycles. The van der Waals surface area contributed by atoms with Crippen LogP contribution in [-0.2, 0) is 0 Å². The highest BCUT2D eigenvalue weighted by molar-refractivity contribution is 5.67. The van der Waals surface area contributed by atoms with Crippen molar-refractivity contribution in [2.24, 2.45) is 0 Å². The molecule has 0 radical (unpaired) electrons. The van der Waals surface area contributed by atoms with Gasteiger partial charge in [0, 0.05) is 11.8 Å². The fourth-order valence-corrected chi connectivity index (χ4v) is 1.44. The molecule has 1 unspecified atom stereocenters. The lowest BCUT2D eigenvalue weighted by Gasteiger charge is -2.10. The van der Waals surface area contributed by atoms with E-state index in [0.29, 0.717) is 0 Å². The van der Waals surface area contributed by atoms with Crippen molar-refractivity contribution in [1.82, 2.24) is 4.98 Å². The summed E-state index contributed by atoms with van der Waals surface area (Å²) >= 11 is 0. The minimum atomic E-state index is -0.866. The number of hydrogen-bond acceptors (Lipinski definition) is 2. The zero-order valence-corrected chi connectivity index (χ0v) is 8.36. The fourth-order valence-electron chi connectivity index (χ4n) is 1.44. The van der Waals surface area contributed by atoms with Crippen molar-refractivity contribution >= 4 is 12.2 Å². The summed E-state index contributed by atoms with van der Waals surface area (Å²) in [6.45, 7) is 3.76. The van der Waals surface area contributed by atoms with Gasteiger partial charge in [-0.25, -0.2) is 0 Å². The van der Waals surface area contributed by atoms with Crippen molar-refractivity contribution in [3.05, 3.63) is 41.2 Å². The maximum absolute atomic E-state index is 9.79. The van der Waals surface area contributed by atoms with E-state index in [9.17, 15) is 5.11 Å². The molecule has 0 aliphatic heterocycles. The Balaban J connectivity index is 2.54. The third kappa shape index (κ3) is 1.75. The van der Waals surface area contributed by atoms with Gasteiger partial charge in [-0.3, -0.25) is 4.98 Å². The van der Waals surface area contributed by atoms with Crippen LogP contribution in [0.25, 0.3) is 12.2 Å². The summed E-state index contributed by atoms with van der Waals surface area (Å²) in [5, 5.41) is 9.79. The number of aliphatic hydroxyl groups is 1. The average molecular weight is 187 g/mol. The monoisotopic (exact) mass is 187 g/mol. The Labute approximate surface area is 83.6 Å². The standard InChI is InChI=1S/C12H13NO/c1-9-7-10-3-5-12(2,14)6-4-11(10)13-8-9/h3-8,14H,1-2H3. The molecule has 2 nitrogen and oxygen atoms in total. The van der Waals surface area contributed by atoms with E-state index in [1.165, 1.54) is 0 Å². The number of fused-ring (bicyclic) bond motifs is 1. The molecule has 0 bridgehead atoms. The van der Waals surface area contributed by atoms with Crippen LogP contribution < -0.4 is 0 Å². The molecule has 14 heavy (non-hydrogen) atoms. The largest absolute Gasteiger partial charge is 0.382 e. The molecule has 2 rings (SSSR count). The van der Waals surface area contributed by atoms with Gasteiger partial charge in [-0.05, 0) is 43.7 Å². The highest BCUT2D eigenvalue weighted by Crippen LogP contribution is 2.20. The molecule has 1 aromatic rings. The van der Waals surface area contributed by atoms with Crippen LogP contribution in [0, 0.1) is 6.92 Å². The summed E-state index contributed by atoms with van der Waals surface area (Å²) in [7, 11) is 0. The molecule has 0 fully saturated rings. The number of rotatable bonds is 0. The summed E-state index contributed by atoms with van der Waals surface area (Å²) < 4.78 is 0. The first kappa shape index (κ1) is 9.16. The van der Waals surface area contributed by atoms with E-state index >= 15 is 0 Å². The Hall–Kier alpha value is -1.41. The third-order valence-corrected chi connectivity index (χ3v) is 2.27. The summed E-state index contributed by atoms with van der Waals surface area (Å²) in [6, 6.07) is 2.06. The van der Waals surface area contributed by atoms with Crippen LogP contribution in [0.2, 0.25) is 0 Å². The number of aromatic nitrogens is 1. The van der Waals surface area contributed by atoms with Crippen LogP contribution in [0.15, 0.2) is 24.4 Å². The van der Waals surface area contributed by atoms with Gasteiger partial charge in [-0.15, -0.1) is 0 Å². The predicted octanol–water partition coefficient (Wildman–Crippen LogP) is 2.18. The van der Waals surface area contributed by atoms with Crippen molar-refractivity contribution < 1.29 is 5.11 Å². The minimum absolute atomic E-state index is 0.866. The van der Waals surface area contributed by atoms with Gasteiger partial charge < -0.3 is 5.11 Å². The molecule has 1 aromatic heterocycles. The van der Waals surface area contributed by atoms with Crippen molar-refractivity contribution in [2.75, 3.05) is 0 Å². The molecule has 1 aliphatic carbocycles. The Morgan fingerprint density at radius 3 is 2.79 bits per heavy atom. The lowest BCUT2D eigenvalue weighted by Crippen LogP contribution is -2.15. The summed E-state index contributed by atoms with van der Waals surface area (Å²) in [5.41, 5.74) is 2.22. The molecule has 0 amide bonds. The number of pyridine rings is 1. The number of aryl methyl sites for hydroxylation is 1. The first-order chi connectivity index (χ1) is 6.57. The summed E-state index contributed by atoms with van der Waals surface area (Å²) in [5.74, 6) is 0. The van der Waals surface area contributed by atoms with Crippen molar-refractivity contribution in [3.8, 4) is 0 Å². The lowest BCUT2D eigenvalue weighted by molar-refractivity contribution is 0.166. The van der Waals surface area contributed by atoms with Crippen LogP contribution in [0.4, 0.5) is 0 Å². The molecule has 0 saturated heterocycles. The molecular formula is C12H13NO. The van der Waals surface area contributed by atoms with Gasteiger partial charge in [0.25, 0.3) is 0 Å². The van der Waals surface area contributed by atoms with E-state index in [4.69, 9.17) is 0 Å². The molecule has 1 N–H and O–H groups in total. The normalized spacial score (nSPS) is 24.5.